The lowest BCUT2D eigenvalue weighted by atomic mass is 9.92. The molecule has 3 atom stereocenters. The molecule has 0 saturated carbocycles. The molecule has 2 aliphatic heterocycles. The van der Waals surface area contributed by atoms with E-state index in [9.17, 15) is 19.5 Å². The van der Waals surface area contributed by atoms with Crippen LogP contribution in [0.25, 0.3) is 0 Å². The van der Waals surface area contributed by atoms with Crippen molar-refractivity contribution in [2.24, 2.45) is 5.92 Å². The Bertz CT molecular complexity index is 1120. The molecule has 4 rings (SSSR count). The number of carbonyl (C=O) groups is 3. The highest BCUT2D eigenvalue weighted by atomic mass is 16.5. The van der Waals surface area contributed by atoms with Crippen LogP contribution in [0.1, 0.15) is 55.2 Å². The number of hydrogen-bond acceptors (Lipinski definition) is 5. The number of rotatable bonds is 5. The number of nitrogens with zero attached hydrogens (tertiary/aromatic N) is 1. The standard InChI is InChI=1S/C31H38N2O5/c34-21-28-18-24-13-9-10-15-26(24)20-33(28)29(35)19-25-14-7-2-1-3-8-16-30(36)38-22-27(32-31(25)37)17-23-11-5-4-6-12-23/h2,4-7,9-13,15,25,27-28,34H,1,3,8,14,16-22H2,(H,32,37). The van der Waals surface area contributed by atoms with Gasteiger partial charge in [0.2, 0.25) is 11.8 Å². The Morgan fingerprint density at radius 2 is 1.76 bits per heavy atom. The Kier molecular flexibility index (Phi) is 10.1. The highest BCUT2D eigenvalue weighted by Crippen LogP contribution is 2.25. The van der Waals surface area contributed by atoms with Crippen molar-refractivity contribution in [3.63, 3.8) is 0 Å². The van der Waals surface area contributed by atoms with Gasteiger partial charge in [0, 0.05) is 19.4 Å². The van der Waals surface area contributed by atoms with Gasteiger partial charge in [-0.05, 0) is 55.2 Å². The maximum Gasteiger partial charge on any atom is 0.305 e. The molecule has 0 radical (unpaired) electrons. The first kappa shape index (κ1) is 27.6. The summed E-state index contributed by atoms with van der Waals surface area (Å²) in [4.78, 5) is 41.0. The molecule has 7 heteroatoms. The number of amides is 2. The van der Waals surface area contributed by atoms with E-state index in [0.29, 0.717) is 32.2 Å². The normalized spacial score (nSPS) is 23.1. The summed E-state index contributed by atoms with van der Waals surface area (Å²) in [7, 11) is 0. The summed E-state index contributed by atoms with van der Waals surface area (Å²) in [6.07, 6.45) is 8.39. The summed E-state index contributed by atoms with van der Waals surface area (Å²) < 4.78 is 5.52. The van der Waals surface area contributed by atoms with E-state index in [2.05, 4.69) is 5.32 Å². The molecule has 202 valence electrons. The molecule has 38 heavy (non-hydrogen) atoms. The lowest BCUT2D eigenvalue weighted by Gasteiger charge is -2.36. The van der Waals surface area contributed by atoms with Gasteiger partial charge in [-0.15, -0.1) is 0 Å². The van der Waals surface area contributed by atoms with E-state index in [0.717, 1.165) is 36.0 Å². The van der Waals surface area contributed by atoms with E-state index in [-0.39, 0.29) is 43.5 Å². The average Bonchev–Trinajstić information content (AvgIpc) is 2.94. The van der Waals surface area contributed by atoms with E-state index >= 15 is 0 Å². The number of carbonyl (C=O) groups excluding carboxylic acids is 3. The topological polar surface area (TPSA) is 95.9 Å². The third kappa shape index (κ3) is 7.78. The van der Waals surface area contributed by atoms with Crippen LogP contribution in [0.4, 0.5) is 0 Å². The minimum atomic E-state index is -0.563. The summed E-state index contributed by atoms with van der Waals surface area (Å²) in [5.41, 5.74) is 3.25. The molecule has 0 bridgehead atoms. The molecular formula is C31H38N2O5. The van der Waals surface area contributed by atoms with Crippen molar-refractivity contribution < 1.29 is 24.2 Å². The second-order valence-corrected chi connectivity index (χ2v) is 10.3. The number of nitrogens with one attached hydrogen (secondary N) is 1. The lowest BCUT2D eigenvalue weighted by molar-refractivity contribution is -0.145. The lowest BCUT2D eigenvalue weighted by Crippen LogP contribution is -2.48. The molecule has 3 unspecified atom stereocenters. The van der Waals surface area contributed by atoms with E-state index in [1.54, 1.807) is 4.90 Å². The van der Waals surface area contributed by atoms with Crippen LogP contribution in [0.5, 0.6) is 0 Å². The van der Waals surface area contributed by atoms with Crippen molar-refractivity contribution in [2.75, 3.05) is 13.2 Å². The molecular weight excluding hydrogens is 480 g/mol. The molecule has 2 amide bonds. The predicted molar refractivity (Wildman–Crippen MR) is 145 cm³/mol. The van der Waals surface area contributed by atoms with Crippen LogP contribution in [0.3, 0.4) is 0 Å². The van der Waals surface area contributed by atoms with Crippen molar-refractivity contribution >= 4 is 17.8 Å². The summed E-state index contributed by atoms with van der Waals surface area (Å²) in [6.45, 7) is 0.393. The Morgan fingerprint density at radius 3 is 2.55 bits per heavy atom. The zero-order valence-corrected chi connectivity index (χ0v) is 21.9. The zero-order valence-electron chi connectivity index (χ0n) is 21.9. The number of aliphatic hydroxyl groups is 1. The number of allylic oxidation sites excluding steroid dienone is 2. The first-order valence-electron chi connectivity index (χ1n) is 13.7. The van der Waals surface area contributed by atoms with Crippen molar-refractivity contribution in [1.82, 2.24) is 10.2 Å². The van der Waals surface area contributed by atoms with Gasteiger partial charge < -0.3 is 20.1 Å². The van der Waals surface area contributed by atoms with Crippen LogP contribution in [-0.2, 0) is 38.5 Å². The molecule has 2 N–H and O–H groups in total. The van der Waals surface area contributed by atoms with Crippen molar-refractivity contribution in [2.45, 2.75) is 70.0 Å². The highest BCUT2D eigenvalue weighted by molar-refractivity contribution is 5.86. The number of cyclic esters (lactones) is 1. The monoisotopic (exact) mass is 518 g/mol. The maximum absolute atomic E-state index is 13.5. The van der Waals surface area contributed by atoms with Crippen LogP contribution < -0.4 is 5.32 Å². The fraction of sp³-hybridized carbons (Fsp3) is 0.452. The van der Waals surface area contributed by atoms with Crippen molar-refractivity contribution in [3.05, 3.63) is 83.4 Å². The molecule has 7 nitrogen and oxygen atoms in total. The second kappa shape index (κ2) is 13.9. The largest absolute Gasteiger partial charge is 0.463 e. The van der Waals surface area contributed by atoms with Crippen LogP contribution in [0, 0.1) is 5.92 Å². The highest BCUT2D eigenvalue weighted by Gasteiger charge is 2.32. The van der Waals surface area contributed by atoms with Gasteiger partial charge >= 0.3 is 5.97 Å². The van der Waals surface area contributed by atoms with Gasteiger partial charge in [-0.2, -0.15) is 0 Å². The number of benzene rings is 2. The summed E-state index contributed by atoms with van der Waals surface area (Å²) in [5, 5.41) is 13.1. The van der Waals surface area contributed by atoms with E-state index in [4.69, 9.17) is 4.74 Å². The Morgan fingerprint density at radius 1 is 1.00 bits per heavy atom. The fourth-order valence-corrected chi connectivity index (χ4v) is 5.20. The fourth-order valence-electron chi connectivity index (χ4n) is 5.20. The summed E-state index contributed by atoms with van der Waals surface area (Å²) in [5.74, 6) is -1.19. The molecule has 0 fully saturated rings. The smallest absolute Gasteiger partial charge is 0.305 e. The number of ether oxygens (including phenoxy) is 1. The van der Waals surface area contributed by atoms with E-state index in [1.807, 2.05) is 66.7 Å². The molecule has 0 aliphatic carbocycles. The van der Waals surface area contributed by atoms with Crippen LogP contribution >= 0.6 is 0 Å². The van der Waals surface area contributed by atoms with E-state index in [1.165, 1.54) is 0 Å². The number of aliphatic hydroxyl groups excluding tert-OH is 1. The van der Waals surface area contributed by atoms with Crippen LogP contribution in [0.2, 0.25) is 0 Å². The Labute approximate surface area is 224 Å². The van der Waals surface area contributed by atoms with Gasteiger partial charge in [-0.25, -0.2) is 0 Å². The van der Waals surface area contributed by atoms with Gasteiger partial charge in [0.15, 0.2) is 0 Å². The van der Waals surface area contributed by atoms with E-state index < -0.39 is 12.0 Å². The predicted octanol–water partition coefficient (Wildman–Crippen LogP) is 3.73. The zero-order chi connectivity index (χ0) is 26.7. The SMILES string of the molecule is O=C1CCCCC=CCC(CC(=O)N2Cc3ccccc3CC2CO)C(=O)NC(Cc2ccccc2)CO1. The van der Waals surface area contributed by atoms with Gasteiger partial charge in [-0.1, -0.05) is 66.7 Å². The summed E-state index contributed by atoms with van der Waals surface area (Å²) >= 11 is 0. The Hall–Kier alpha value is -3.45. The Balaban J connectivity index is 1.50. The molecule has 0 aromatic heterocycles. The maximum atomic E-state index is 13.5. The molecule has 0 saturated heterocycles. The first-order chi connectivity index (χ1) is 18.5. The third-order valence-corrected chi connectivity index (χ3v) is 7.38. The van der Waals surface area contributed by atoms with Gasteiger partial charge in [-0.3, -0.25) is 14.4 Å². The molecule has 2 aromatic rings. The minimum Gasteiger partial charge on any atom is -0.463 e. The van der Waals surface area contributed by atoms with Gasteiger partial charge in [0.05, 0.1) is 24.6 Å². The second-order valence-electron chi connectivity index (χ2n) is 10.3. The molecule has 2 heterocycles. The van der Waals surface area contributed by atoms with Crippen molar-refractivity contribution in [3.8, 4) is 0 Å². The summed E-state index contributed by atoms with van der Waals surface area (Å²) in [6, 6.07) is 17.0. The van der Waals surface area contributed by atoms with Crippen LogP contribution in [-0.4, -0.2) is 53.1 Å². The van der Waals surface area contributed by atoms with Gasteiger partial charge in [0.25, 0.3) is 0 Å². The number of hydrogen-bond donors (Lipinski definition) is 2. The van der Waals surface area contributed by atoms with Crippen molar-refractivity contribution in [1.29, 1.82) is 0 Å². The number of fused-ring (bicyclic) bond motifs is 1. The first-order valence-corrected chi connectivity index (χ1v) is 13.7. The minimum absolute atomic E-state index is 0.0483. The third-order valence-electron chi connectivity index (χ3n) is 7.38. The quantitative estimate of drug-likeness (QED) is 0.465. The molecule has 0 spiro atoms. The average molecular weight is 519 g/mol. The number of esters is 1. The molecule has 2 aromatic carbocycles. The van der Waals surface area contributed by atoms with Crippen LogP contribution in [0.15, 0.2) is 66.7 Å². The van der Waals surface area contributed by atoms with Gasteiger partial charge in [0.1, 0.15) is 6.61 Å². The molecule has 2 aliphatic rings.